The quantitative estimate of drug-likeness (QED) is 0.819. The molecular weight excluding hydrogens is 287 g/mol. The zero-order valence-electron chi connectivity index (χ0n) is 12.8. The van der Waals surface area contributed by atoms with Gasteiger partial charge in [-0.3, -0.25) is 9.48 Å². The van der Waals surface area contributed by atoms with Gasteiger partial charge in [0.2, 0.25) is 0 Å². The Balaban J connectivity index is 1.55. The summed E-state index contributed by atoms with van der Waals surface area (Å²) in [6, 6.07) is -0.308. The molecule has 7 heteroatoms. The third-order valence-electron chi connectivity index (χ3n) is 4.91. The molecule has 120 valence electrons. The molecule has 1 aromatic rings. The van der Waals surface area contributed by atoms with Crippen LogP contribution in [0.4, 0.5) is 4.39 Å². The molecule has 1 unspecified atom stereocenters. The number of halogens is 1. The van der Waals surface area contributed by atoms with Crippen molar-refractivity contribution in [2.75, 3.05) is 19.8 Å². The van der Waals surface area contributed by atoms with Gasteiger partial charge in [-0.25, -0.2) is 4.39 Å². The largest absolute Gasteiger partial charge is 0.379 e. The van der Waals surface area contributed by atoms with Crippen molar-refractivity contribution in [1.29, 1.82) is 0 Å². The van der Waals surface area contributed by atoms with Crippen molar-refractivity contribution in [1.82, 2.24) is 19.9 Å². The average Bonchev–Trinajstić information content (AvgIpc) is 3.42. The molecule has 1 atom stereocenters. The topological polar surface area (TPSA) is 60.2 Å². The van der Waals surface area contributed by atoms with Gasteiger partial charge in [-0.1, -0.05) is 5.21 Å². The second-order valence-corrected chi connectivity index (χ2v) is 6.76. The Bertz CT molecular complexity index is 594. The average molecular weight is 308 g/mol. The Hall–Kier alpha value is -1.50. The number of hydrogen-bond acceptors (Lipinski definition) is 4. The van der Waals surface area contributed by atoms with Crippen LogP contribution in [0.15, 0.2) is 0 Å². The lowest BCUT2D eigenvalue weighted by molar-refractivity contribution is -0.143. The monoisotopic (exact) mass is 308 g/mol. The maximum atomic E-state index is 14.2. The Kier molecular flexibility index (Phi) is 3.21. The van der Waals surface area contributed by atoms with E-state index in [0.29, 0.717) is 38.3 Å². The second-order valence-electron chi connectivity index (χ2n) is 6.76. The fraction of sp³-hybridized carbons (Fsp3) is 0.800. The highest BCUT2D eigenvalue weighted by atomic mass is 19.1. The van der Waals surface area contributed by atoms with Gasteiger partial charge in [0.25, 0.3) is 5.91 Å². The molecule has 2 aliphatic carbocycles. The lowest BCUT2D eigenvalue weighted by Gasteiger charge is -2.35. The van der Waals surface area contributed by atoms with Crippen molar-refractivity contribution in [3.8, 4) is 0 Å². The van der Waals surface area contributed by atoms with Gasteiger partial charge in [0, 0.05) is 26.6 Å². The Morgan fingerprint density at radius 3 is 2.86 bits per heavy atom. The Labute approximate surface area is 128 Å². The number of nitrogens with zero attached hydrogens (tertiary/aromatic N) is 4. The molecule has 6 nitrogen and oxygen atoms in total. The summed E-state index contributed by atoms with van der Waals surface area (Å²) in [5, 5.41) is 8.26. The van der Waals surface area contributed by atoms with Crippen LogP contribution in [0.5, 0.6) is 0 Å². The van der Waals surface area contributed by atoms with Gasteiger partial charge in [-0.15, -0.1) is 5.10 Å². The van der Waals surface area contributed by atoms with Crippen molar-refractivity contribution in [3.05, 3.63) is 11.4 Å². The lowest BCUT2D eigenvalue weighted by atomic mass is 10.0. The van der Waals surface area contributed by atoms with Crippen molar-refractivity contribution in [3.63, 3.8) is 0 Å². The number of hydrogen-bond donors (Lipinski definition) is 0. The predicted octanol–water partition coefficient (Wildman–Crippen LogP) is 1.17. The van der Waals surface area contributed by atoms with E-state index in [1.54, 1.807) is 9.58 Å². The van der Waals surface area contributed by atoms with Crippen LogP contribution in [0.2, 0.25) is 0 Å². The lowest BCUT2D eigenvalue weighted by Crippen LogP contribution is -2.46. The molecule has 0 radical (unpaired) electrons. The molecule has 0 bridgehead atoms. The van der Waals surface area contributed by atoms with Gasteiger partial charge in [0.1, 0.15) is 11.7 Å². The van der Waals surface area contributed by atoms with Gasteiger partial charge in [-0.2, -0.15) is 0 Å². The van der Waals surface area contributed by atoms with Crippen LogP contribution in [0.1, 0.15) is 43.1 Å². The van der Waals surface area contributed by atoms with E-state index in [0.717, 1.165) is 18.0 Å². The molecule has 0 spiro atoms. The van der Waals surface area contributed by atoms with Gasteiger partial charge < -0.3 is 9.64 Å². The van der Waals surface area contributed by atoms with Crippen LogP contribution in [-0.4, -0.2) is 51.2 Å². The van der Waals surface area contributed by atoms with Crippen LogP contribution in [0, 0.1) is 5.92 Å². The number of carbonyl (C=O) groups is 1. The highest BCUT2D eigenvalue weighted by Crippen LogP contribution is 2.44. The highest BCUT2D eigenvalue weighted by molar-refractivity contribution is 5.88. The summed E-state index contributed by atoms with van der Waals surface area (Å²) < 4.78 is 21.7. The third kappa shape index (κ3) is 2.41. The minimum absolute atomic E-state index is 0.308. The van der Waals surface area contributed by atoms with Crippen molar-refractivity contribution >= 4 is 5.91 Å². The van der Waals surface area contributed by atoms with Gasteiger partial charge in [0.15, 0.2) is 5.67 Å². The number of fused-ring (bicyclic) bond motifs is 1. The number of aryl methyl sites for hydroxylation is 1. The molecule has 1 aliphatic heterocycles. The molecule has 2 heterocycles. The number of amides is 1. The van der Waals surface area contributed by atoms with E-state index in [1.807, 2.05) is 7.05 Å². The van der Waals surface area contributed by atoms with Crippen molar-refractivity contribution < 1.29 is 13.9 Å². The summed E-state index contributed by atoms with van der Waals surface area (Å²) in [7, 11) is 1.85. The first-order valence-electron chi connectivity index (χ1n) is 8.05. The predicted molar refractivity (Wildman–Crippen MR) is 75.8 cm³/mol. The van der Waals surface area contributed by atoms with Crippen LogP contribution in [0.3, 0.4) is 0 Å². The zero-order valence-corrected chi connectivity index (χ0v) is 12.8. The van der Waals surface area contributed by atoms with Gasteiger partial charge >= 0.3 is 0 Å². The smallest absolute Gasteiger partial charge is 0.260 e. The minimum Gasteiger partial charge on any atom is -0.379 e. The summed E-state index contributed by atoms with van der Waals surface area (Å²) in [6.07, 6.45) is 3.78. The normalized spacial score (nSPS) is 25.9. The van der Waals surface area contributed by atoms with Crippen LogP contribution in [-0.2, 0) is 23.0 Å². The molecule has 3 aliphatic rings. The summed E-state index contributed by atoms with van der Waals surface area (Å²) in [4.78, 5) is 14.1. The molecule has 2 fully saturated rings. The molecule has 1 aromatic heterocycles. The molecule has 22 heavy (non-hydrogen) atoms. The summed E-state index contributed by atoms with van der Waals surface area (Å²) in [5.74, 6) is 0.258. The first kappa shape index (κ1) is 14.1. The Morgan fingerprint density at radius 1 is 1.41 bits per heavy atom. The van der Waals surface area contributed by atoms with Gasteiger partial charge in [-0.05, 0) is 31.6 Å². The third-order valence-corrected chi connectivity index (χ3v) is 4.91. The first-order chi connectivity index (χ1) is 10.6. The first-order valence-corrected chi connectivity index (χ1v) is 8.05. The molecule has 0 aromatic carbocycles. The highest BCUT2D eigenvalue weighted by Gasteiger charge is 2.54. The fourth-order valence-corrected chi connectivity index (χ4v) is 3.10. The molecule has 2 saturated carbocycles. The second kappa shape index (κ2) is 5.01. The van der Waals surface area contributed by atoms with E-state index in [2.05, 4.69) is 10.3 Å². The summed E-state index contributed by atoms with van der Waals surface area (Å²) >= 11 is 0. The SMILES string of the molecule is Cn1nnc2c1CCN(C(=O)C1(F)CC1)C2COCC1CC1. The van der Waals surface area contributed by atoms with E-state index in [-0.39, 0.29) is 6.04 Å². The molecular formula is C15H21FN4O2. The van der Waals surface area contributed by atoms with Crippen LogP contribution < -0.4 is 0 Å². The molecule has 4 rings (SSSR count). The summed E-state index contributed by atoms with van der Waals surface area (Å²) in [6.45, 7) is 1.61. The number of ether oxygens (including phenoxy) is 1. The maximum Gasteiger partial charge on any atom is 0.260 e. The number of carbonyl (C=O) groups excluding carboxylic acids is 1. The van der Waals surface area contributed by atoms with E-state index in [1.165, 1.54) is 12.8 Å². The van der Waals surface area contributed by atoms with Crippen LogP contribution >= 0.6 is 0 Å². The number of rotatable bonds is 5. The standard InChI is InChI=1S/C15H21FN4O2/c1-19-11-4-7-20(14(21)15(16)5-6-15)12(13(11)17-18-19)9-22-8-10-2-3-10/h10,12H,2-9H2,1H3. The van der Waals surface area contributed by atoms with Crippen molar-refractivity contribution in [2.24, 2.45) is 13.0 Å². The fourth-order valence-electron chi connectivity index (χ4n) is 3.10. The molecule has 1 amide bonds. The van der Waals surface area contributed by atoms with E-state index >= 15 is 0 Å². The van der Waals surface area contributed by atoms with Crippen LogP contribution in [0.25, 0.3) is 0 Å². The van der Waals surface area contributed by atoms with E-state index in [9.17, 15) is 9.18 Å². The van der Waals surface area contributed by atoms with E-state index < -0.39 is 11.6 Å². The summed E-state index contributed by atoms with van der Waals surface area (Å²) in [5.41, 5.74) is 0.143. The zero-order chi connectivity index (χ0) is 15.3. The minimum atomic E-state index is -1.64. The van der Waals surface area contributed by atoms with Crippen molar-refractivity contribution in [2.45, 2.75) is 43.8 Å². The Morgan fingerprint density at radius 2 is 2.18 bits per heavy atom. The number of aromatic nitrogens is 3. The molecule has 0 N–H and O–H groups in total. The van der Waals surface area contributed by atoms with Gasteiger partial charge in [0.05, 0.1) is 12.3 Å². The van der Waals surface area contributed by atoms with E-state index in [4.69, 9.17) is 4.74 Å². The molecule has 0 saturated heterocycles. The number of alkyl halides is 1. The maximum absolute atomic E-state index is 14.2.